The van der Waals surface area contributed by atoms with Crippen molar-refractivity contribution in [3.8, 4) is 5.75 Å². The van der Waals surface area contributed by atoms with Crippen LogP contribution in [0, 0.1) is 0 Å². The van der Waals surface area contributed by atoms with Gasteiger partial charge in [0, 0.05) is 24.8 Å². The number of benzene rings is 1. The van der Waals surface area contributed by atoms with E-state index < -0.39 is 5.91 Å². The lowest BCUT2D eigenvalue weighted by Crippen LogP contribution is -2.36. The van der Waals surface area contributed by atoms with Gasteiger partial charge >= 0.3 is 0 Å². The first-order chi connectivity index (χ1) is 13.5. The summed E-state index contributed by atoms with van der Waals surface area (Å²) in [7, 11) is 1.60. The van der Waals surface area contributed by atoms with E-state index in [2.05, 4.69) is 27.1 Å². The second kappa shape index (κ2) is 8.43. The van der Waals surface area contributed by atoms with Crippen molar-refractivity contribution in [2.24, 2.45) is 5.73 Å². The molecule has 2 amide bonds. The first-order valence-corrected chi connectivity index (χ1v) is 8.90. The fourth-order valence-electron chi connectivity index (χ4n) is 3.08. The molecule has 28 heavy (non-hydrogen) atoms. The third kappa shape index (κ3) is 4.40. The summed E-state index contributed by atoms with van der Waals surface area (Å²) < 4.78 is 5.15. The van der Waals surface area contributed by atoms with Gasteiger partial charge in [-0.15, -0.1) is 0 Å². The van der Waals surface area contributed by atoms with Crippen LogP contribution in [-0.2, 0) is 4.79 Å². The molecule has 1 atom stereocenters. The van der Waals surface area contributed by atoms with Gasteiger partial charge in [-0.05, 0) is 48.9 Å². The maximum absolute atomic E-state index is 11.8. The highest BCUT2D eigenvalue weighted by Gasteiger charge is 2.25. The topological polar surface area (TPSA) is 110 Å². The zero-order valence-corrected chi connectivity index (χ0v) is 15.6. The molecular formula is C20H23N5O3. The molecule has 3 rings (SSSR count). The van der Waals surface area contributed by atoms with E-state index in [9.17, 15) is 9.59 Å². The van der Waals surface area contributed by atoms with Crippen molar-refractivity contribution in [1.29, 1.82) is 0 Å². The van der Waals surface area contributed by atoms with Crippen molar-refractivity contribution in [1.82, 2.24) is 10.3 Å². The predicted molar refractivity (Wildman–Crippen MR) is 108 cm³/mol. The smallest absolute Gasteiger partial charge is 0.252 e. The maximum Gasteiger partial charge on any atom is 0.252 e. The minimum absolute atomic E-state index is 0.0288. The molecule has 2 aromatic rings. The number of pyridine rings is 1. The summed E-state index contributed by atoms with van der Waals surface area (Å²) in [4.78, 5) is 30.0. The average molecular weight is 381 g/mol. The van der Waals surface area contributed by atoms with E-state index in [0.717, 1.165) is 24.4 Å². The molecule has 1 aliphatic rings. The van der Waals surface area contributed by atoms with Gasteiger partial charge in [0.15, 0.2) is 0 Å². The highest BCUT2D eigenvalue weighted by Crippen LogP contribution is 2.26. The lowest BCUT2D eigenvalue weighted by atomic mass is 10.2. The van der Waals surface area contributed by atoms with Crippen LogP contribution < -0.4 is 26.0 Å². The fourth-order valence-corrected chi connectivity index (χ4v) is 3.08. The Hall–Kier alpha value is -3.55. The van der Waals surface area contributed by atoms with Crippen LogP contribution in [-0.4, -0.2) is 43.0 Å². The highest BCUT2D eigenvalue weighted by atomic mass is 16.5. The van der Waals surface area contributed by atoms with Gasteiger partial charge in [-0.3, -0.25) is 9.59 Å². The summed E-state index contributed by atoms with van der Waals surface area (Å²) in [5.41, 5.74) is 6.56. The first-order valence-electron chi connectivity index (χ1n) is 8.90. The van der Waals surface area contributed by atoms with Crippen LogP contribution in [0.5, 0.6) is 5.75 Å². The van der Waals surface area contributed by atoms with E-state index in [1.807, 2.05) is 24.3 Å². The molecule has 0 saturated carbocycles. The molecule has 8 nitrogen and oxygen atoms in total. The third-order valence-corrected chi connectivity index (χ3v) is 4.54. The van der Waals surface area contributed by atoms with Gasteiger partial charge in [0.1, 0.15) is 17.4 Å². The van der Waals surface area contributed by atoms with Gasteiger partial charge in [0.2, 0.25) is 5.91 Å². The standard InChI is InChI=1S/C20H23N5O3/c1-3-18(26)22-14-10-11-25(12-14)17-9-8-16(19(21)27)20(24-17)23-13-4-6-15(28-2)7-5-13/h3-9,14H,1,10-12H2,2H3,(H2,21,27)(H,22,26)(H,23,24). The number of carbonyl (C=O) groups excluding carboxylic acids is 2. The molecule has 1 fully saturated rings. The zero-order chi connectivity index (χ0) is 20.1. The molecule has 1 aromatic carbocycles. The van der Waals surface area contributed by atoms with Crippen molar-refractivity contribution < 1.29 is 14.3 Å². The summed E-state index contributed by atoms with van der Waals surface area (Å²) in [6.45, 7) is 4.84. The SMILES string of the molecule is C=CC(=O)NC1CCN(c2ccc(C(N)=O)c(Nc3ccc(OC)cc3)n2)C1. The van der Waals surface area contributed by atoms with Crippen molar-refractivity contribution in [3.05, 3.63) is 54.6 Å². The summed E-state index contributed by atoms with van der Waals surface area (Å²) >= 11 is 0. The van der Waals surface area contributed by atoms with Crippen LogP contribution in [0.4, 0.5) is 17.3 Å². The van der Waals surface area contributed by atoms with E-state index >= 15 is 0 Å². The van der Waals surface area contributed by atoms with Crippen LogP contribution in [0.1, 0.15) is 16.8 Å². The molecule has 1 unspecified atom stereocenters. The second-order valence-corrected chi connectivity index (χ2v) is 6.43. The van der Waals surface area contributed by atoms with Gasteiger partial charge in [0.05, 0.1) is 12.7 Å². The summed E-state index contributed by atoms with van der Waals surface area (Å²) in [6, 6.07) is 10.7. The molecule has 0 aliphatic carbocycles. The average Bonchev–Trinajstić information content (AvgIpc) is 3.16. The number of rotatable bonds is 7. The number of hydrogen-bond acceptors (Lipinski definition) is 6. The summed E-state index contributed by atoms with van der Waals surface area (Å²) in [5, 5.41) is 6.04. The number of hydrogen-bond donors (Lipinski definition) is 3. The summed E-state index contributed by atoms with van der Waals surface area (Å²) in [6.07, 6.45) is 2.07. The van der Waals surface area contributed by atoms with Gasteiger partial charge in [-0.1, -0.05) is 6.58 Å². The van der Waals surface area contributed by atoms with Crippen LogP contribution in [0.15, 0.2) is 49.1 Å². The number of primary amides is 1. The Morgan fingerprint density at radius 1 is 1.29 bits per heavy atom. The summed E-state index contributed by atoms with van der Waals surface area (Å²) in [5.74, 6) is 1.07. The Morgan fingerprint density at radius 2 is 2.04 bits per heavy atom. The van der Waals surface area contributed by atoms with Gasteiger partial charge < -0.3 is 26.0 Å². The van der Waals surface area contributed by atoms with E-state index in [1.54, 1.807) is 19.2 Å². The number of nitrogens with one attached hydrogen (secondary N) is 2. The Kier molecular flexibility index (Phi) is 5.78. The van der Waals surface area contributed by atoms with Crippen molar-refractivity contribution in [3.63, 3.8) is 0 Å². The molecule has 0 radical (unpaired) electrons. The van der Waals surface area contributed by atoms with E-state index in [1.165, 1.54) is 6.08 Å². The zero-order valence-electron chi connectivity index (χ0n) is 15.6. The molecule has 1 aliphatic heterocycles. The fraction of sp³-hybridized carbons (Fsp3) is 0.250. The number of nitrogens with zero attached hydrogens (tertiary/aromatic N) is 2. The Labute approximate surface area is 163 Å². The quantitative estimate of drug-likeness (QED) is 0.631. The largest absolute Gasteiger partial charge is 0.497 e. The molecular weight excluding hydrogens is 358 g/mol. The monoisotopic (exact) mass is 381 g/mol. The van der Waals surface area contributed by atoms with Crippen molar-refractivity contribution in [2.75, 3.05) is 30.4 Å². The Balaban J connectivity index is 1.80. The van der Waals surface area contributed by atoms with Crippen LogP contribution >= 0.6 is 0 Å². The molecule has 1 saturated heterocycles. The van der Waals surface area contributed by atoms with Gasteiger partial charge in [0.25, 0.3) is 5.91 Å². The van der Waals surface area contributed by atoms with Gasteiger partial charge in [-0.25, -0.2) is 4.98 Å². The van der Waals surface area contributed by atoms with Crippen molar-refractivity contribution >= 4 is 29.1 Å². The molecule has 8 heteroatoms. The molecule has 0 spiro atoms. The van der Waals surface area contributed by atoms with Crippen LogP contribution in [0.25, 0.3) is 0 Å². The Morgan fingerprint density at radius 3 is 2.68 bits per heavy atom. The number of anilines is 3. The lowest BCUT2D eigenvalue weighted by Gasteiger charge is -2.20. The van der Waals surface area contributed by atoms with E-state index in [0.29, 0.717) is 23.7 Å². The van der Waals surface area contributed by atoms with Crippen LogP contribution in [0.3, 0.4) is 0 Å². The molecule has 146 valence electrons. The maximum atomic E-state index is 11.8. The van der Waals surface area contributed by atoms with Gasteiger partial charge in [-0.2, -0.15) is 0 Å². The normalized spacial score (nSPS) is 15.8. The van der Waals surface area contributed by atoms with E-state index in [4.69, 9.17) is 10.5 Å². The first kappa shape index (κ1) is 19.2. The predicted octanol–water partition coefficient (Wildman–Crippen LogP) is 1.81. The number of aromatic nitrogens is 1. The minimum atomic E-state index is -0.562. The molecule has 2 heterocycles. The minimum Gasteiger partial charge on any atom is -0.497 e. The number of amides is 2. The van der Waals surface area contributed by atoms with Crippen LogP contribution in [0.2, 0.25) is 0 Å². The lowest BCUT2D eigenvalue weighted by molar-refractivity contribution is -0.117. The molecule has 0 bridgehead atoms. The van der Waals surface area contributed by atoms with E-state index in [-0.39, 0.29) is 11.9 Å². The highest BCUT2D eigenvalue weighted by molar-refractivity contribution is 5.98. The molecule has 1 aromatic heterocycles. The number of nitrogens with two attached hydrogens (primary N) is 1. The second-order valence-electron chi connectivity index (χ2n) is 6.43. The molecule has 4 N–H and O–H groups in total. The number of ether oxygens (including phenoxy) is 1. The van der Waals surface area contributed by atoms with Crippen molar-refractivity contribution in [2.45, 2.75) is 12.5 Å². The number of methoxy groups -OCH3 is 1. The third-order valence-electron chi connectivity index (χ3n) is 4.54. The Bertz CT molecular complexity index is 882. The number of carbonyl (C=O) groups is 2.